The zero-order chi connectivity index (χ0) is 48.5. The minimum atomic E-state index is -0.612. The van der Waals surface area contributed by atoms with Crippen LogP contribution in [0, 0.1) is 39.5 Å². The SMILES string of the molecule is Cc1ncsc1-c1ccc(CNC(=O)[C@@H]2C[C@@H](C)CN2C(=O)[C@@H](C(C)C)n2cc(-c3cccc(OCCNC(=O)C[C@@H]4N=C(c5ccc(Cl)cc5)c5c(sc(C)c5C)-n5c(C)nnc54)c3)cn2)cc1. The molecule has 3 aromatic carbocycles. The molecule has 356 valence electrons. The average Bonchev–Trinajstić information content (AvgIpc) is 4.18. The molecule has 2 N–H and O–H groups in total. The summed E-state index contributed by atoms with van der Waals surface area (Å²) >= 11 is 9.55. The second-order valence-corrected chi connectivity index (χ2v) is 20.8. The summed E-state index contributed by atoms with van der Waals surface area (Å²) in [5.74, 6) is 1.56. The number of thiazole rings is 1. The Bertz CT molecular complexity index is 3040. The van der Waals surface area contributed by atoms with Gasteiger partial charge in [-0.25, -0.2) is 4.98 Å². The predicted molar refractivity (Wildman–Crippen MR) is 271 cm³/mol. The van der Waals surface area contributed by atoms with Gasteiger partial charge in [-0.2, -0.15) is 5.10 Å². The molecule has 0 unspecified atom stereocenters. The van der Waals surface area contributed by atoms with Gasteiger partial charge in [-0.05, 0) is 92.5 Å². The molecule has 2 aliphatic heterocycles. The lowest BCUT2D eigenvalue weighted by atomic mass is 9.99. The van der Waals surface area contributed by atoms with Gasteiger partial charge in [-0.1, -0.05) is 80.9 Å². The van der Waals surface area contributed by atoms with Crippen LogP contribution in [0.5, 0.6) is 5.75 Å². The maximum atomic E-state index is 14.4. The summed E-state index contributed by atoms with van der Waals surface area (Å²) in [5.41, 5.74) is 10.4. The van der Waals surface area contributed by atoms with Gasteiger partial charge in [0.2, 0.25) is 17.7 Å². The van der Waals surface area contributed by atoms with Crippen molar-refractivity contribution in [2.75, 3.05) is 19.7 Å². The minimum absolute atomic E-state index is 0.0657. The molecule has 14 nitrogen and oxygen atoms in total. The number of thiophene rings is 1. The number of fused-ring (bicyclic) bond motifs is 3. The molecule has 9 rings (SSSR count). The van der Waals surface area contributed by atoms with Crippen molar-refractivity contribution in [1.29, 1.82) is 0 Å². The number of rotatable bonds is 15. The van der Waals surface area contributed by atoms with E-state index in [1.807, 2.05) is 105 Å². The molecule has 2 aliphatic rings. The van der Waals surface area contributed by atoms with E-state index < -0.39 is 18.1 Å². The topological polar surface area (TPSA) is 162 Å². The summed E-state index contributed by atoms with van der Waals surface area (Å²) in [6.07, 6.45) is 4.29. The first-order chi connectivity index (χ1) is 33.2. The molecule has 4 aromatic heterocycles. The van der Waals surface area contributed by atoms with Crippen molar-refractivity contribution in [1.82, 2.24) is 45.1 Å². The summed E-state index contributed by atoms with van der Waals surface area (Å²) < 4.78 is 9.89. The van der Waals surface area contributed by atoms with Gasteiger partial charge in [0.25, 0.3) is 0 Å². The van der Waals surface area contributed by atoms with Gasteiger partial charge in [-0.3, -0.25) is 28.6 Å². The van der Waals surface area contributed by atoms with Crippen molar-refractivity contribution in [2.24, 2.45) is 16.8 Å². The summed E-state index contributed by atoms with van der Waals surface area (Å²) in [6, 6.07) is 21.6. The molecule has 17 heteroatoms. The van der Waals surface area contributed by atoms with E-state index in [9.17, 15) is 14.4 Å². The number of carbonyl (C=O) groups excluding carboxylic acids is 3. The smallest absolute Gasteiger partial charge is 0.248 e. The number of hydrogen-bond donors (Lipinski definition) is 2. The summed E-state index contributed by atoms with van der Waals surface area (Å²) in [5, 5.41) is 21.4. The Morgan fingerprint density at radius 3 is 2.43 bits per heavy atom. The lowest BCUT2D eigenvalue weighted by Crippen LogP contribution is -2.48. The van der Waals surface area contributed by atoms with Gasteiger partial charge in [0.1, 0.15) is 41.3 Å². The Kier molecular flexibility index (Phi) is 13.9. The predicted octanol–water partition coefficient (Wildman–Crippen LogP) is 9.43. The van der Waals surface area contributed by atoms with E-state index in [1.54, 1.807) is 38.5 Å². The number of aliphatic imine (C=N–C) groups is 1. The van der Waals surface area contributed by atoms with E-state index in [2.05, 4.69) is 58.7 Å². The molecule has 69 heavy (non-hydrogen) atoms. The van der Waals surface area contributed by atoms with Crippen LogP contribution in [0.4, 0.5) is 0 Å². The van der Waals surface area contributed by atoms with E-state index in [0.29, 0.717) is 36.1 Å². The molecule has 1 saturated heterocycles. The van der Waals surface area contributed by atoms with Gasteiger partial charge in [0, 0.05) is 45.9 Å². The molecule has 0 bridgehead atoms. The number of amides is 3. The molecule has 0 saturated carbocycles. The second kappa shape index (κ2) is 20.2. The van der Waals surface area contributed by atoms with Crippen LogP contribution in [0.2, 0.25) is 5.02 Å². The highest BCUT2D eigenvalue weighted by Gasteiger charge is 2.42. The Balaban J connectivity index is 0.817. The van der Waals surface area contributed by atoms with Crippen LogP contribution < -0.4 is 15.4 Å². The van der Waals surface area contributed by atoms with Gasteiger partial charge in [0.15, 0.2) is 5.82 Å². The van der Waals surface area contributed by atoms with Gasteiger partial charge >= 0.3 is 0 Å². The summed E-state index contributed by atoms with van der Waals surface area (Å²) in [6.45, 7) is 15.6. The van der Waals surface area contributed by atoms with Crippen LogP contribution in [0.3, 0.4) is 0 Å². The largest absolute Gasteiger partial charge is 0.492 e. The zero-order valence-electron chi connectivity index (χ0n) is 39.7. The van der Waals surface area contributed by atoms with E-state index in [-0.39, 0.29) is 49.1 Å². The van der Waals surface area contributed by atoms with Crippen LogP contribution in [0.25, 0.3) is 26.6 Å². The summed E-state index contributed by atoms with van der Waals surface area (Å²) in [4.78, 5) is 55.3. The Morgan fingerprint density at radius 1 is 0.928 bits per heavy atom. The van der Waals surface area contributed by atoms with Crippen molar-refractivity contribution >= 4 is 57.7 Å². The van der Waals surface area contributed by atoms with E-state index in [0.717, 1.165) is 66.1 Å². The number of aryl methyl sites for hydroxylation is 3. The minimum Gasteiger partial charge on any atom is -0.492 e. The number of halogens is 1. The normalized spacial score (nSPS) is 17.0. The van der Waals surface area contributed by atoms with E-state index >= 15 is 0 Å². The lowest BCUT2D eigenvalue weighted by molar-refractivity contribution is -0.142. The number of hydrogen-bond acceptors (Lipinski definition) is 11. The van der Waals surface area contributed by atoms with E-state index in [1.165, 1.54) is 4.88 Å². The molecule has 0 radical (unpaired) electrons. The quantitative estimate of drug-likeness (QED) is 0.0961. The van der Waals surface area contributed by atoms with Gasteiger partial charge in [-0.15, -0.1) is 32.9 Å². The molecular formula is C52H55ClN10O4S2. The number of aromatic nitrogens is 6. The van der Waals surface area contributed by atoms with Crippen molar-refractivity contribution in [3.63, 3.8) is 0 Å². The third-order valence-electron chi connectivity index (χ3n) is 12.9. The number of likely N-dealkylation sites (tertiary alicyclic amines) is 1. The van der Waals surface area contributed by atoms with Crippen LogP contribution in [0.1, 0.15) is 90.2 Å². The first kappa shape index (κ1) is 47.6. The number of nitrogens with one attached hydrogen (secondary N) is 2. The van der Waals surface area contributed by atoms with Crippen LogP contribution in [0.15, 0.2) is 95.7 Å². The van der Waals surface area contributed by atoms with Gasteiger partial charge in [0.05, 0.1) is 41.0 Å². The van der Waals surface area contributed by atoms with Crippen LogP contribution in [-0.4, -0.2) is 83.6 Å². The molecule has 7 aromatic rings. The number of ether oxygens (including phenoxy) is 1. The highest BCUT2D eigenvalue weighted by Crippen LogP contribution is 2.40. The highest BCUT2D eigenvalue weighted by atomic mass is 35.5. The third kappa shape index (κ3) is 10.0. The standard InChI is InChI=1S/C52H55ClN10O4S2/c1-29(2)47(51(66)61-26-30(3)21-43(61)50(65)55-24-35-11-13-37(14-12-35)48-32(5)56-28-68-48)62-27-39(25-57-62)38-9-8-10-41(22-38)67-20-19-54-44(64)23-42-49-60-59-34(7)63(49)52-45(31(4)33(6)69-52)46(58-42)36-15-17-40(53)18-16-36/h8-18,22,25,27-30,42-43,47H,19-21,23-24,26H2,1-7H3,(H,54,64)(H,55,65)/t30-,42+,43+,47-/m1/s1. The zero-order valence-corrected chi connectivity index (χ0v) is 42.1. The molecule has 4 atom stereocenters. The highest BCUT2D eigenvalue weighted by molar-refractivity contribution is 7.15. The lowest BCUT2D eigenvalue weighted by Gasteiger charge is -2.30. The van der Waals surface area contributed by atoms with Crippen molar-refractivity contribution in [3.05, 3.63) is 140 Å². The fourth-order valence-corrected chi connectivity index (χ4v) is 11.4. The fourth-order valence-electron chi connectivity index (χ4n) is 9.22. The Morgan fingerprint density at radius 2 is 1.70 bits per heavy atom. The maximum absolute atomic E-state index is 14.4. The van der Waals surface area contributed by atoms with Crippen LogP contribution >= 0.6 is 34.3 Å². The molecule has 0 spiro atoms. The van der Waals surface area contributed by atoms with Crippen molar-refractivity contribution < 1.29 is 19.1 Å². The maximum Gasteiger partial charge on any atom is 0.248 e. The van der Waals surface area contributed by atoms with E-state index in [4.69, 9.17) is 26.4 Å². The monoisotopic (exact) mass is 982 g/mol. The molecule has 6 heterocycles. The average molecular weight is 984 g/mol. The van der Waals surface area contributed by atoms with Crippen molar-refractivity contribution in [3.8, 4) is 32.3 Å². The molecular weight excluding hydrogens is 928 g/mol. The molecule has 3 amide bonds. The number of nitrogens with zero attached hydrogens (tertiary/aromatic N) is 8. The third-order valence-corrected chi connectivity index (χ3v) is 15.3. The fraction of sp³-hybridized carbons (Fsp3) is 0.346. The first-order valence-electron chi connectivity index (χ1n) is 23.2. The number of carbonyl (C=O) groups is 3. The Labute approximate surface area is 414 Å². The van der Waals surface area contributed by atoms with Crippen LogP contribution in [-0.2, 0) is 20.9 Å². The van der Waals surface area contributed by atoms with Gasteiger partial charge < -0.3 is 20.3 Å². The summed E-state index contributed by atoms with van der Waals surface area (Å²) in [7, 11) is 0. The second-order valence-electron chi connectivity index (χ2n) is 18.3. The van der Waals surface area contributed by atoms with Crippen molar-refractivity contribution in [2.45, 2.75) is 86.0 Å². The number of benzene rings is 3. The first-order valence-corrected chi connectivity index (χ1v) is 25.3. The Hall–Kier alpha value is -6.49. The molecule has 1 fully saturated rings. The molecule has 0 aliphatic carbocycles.